The molecule has 0 radical (unpaired) electrons. The normalized spacial score (nSPS) is 22.8. The third-order valence-electron chi connectivity index (χ3n) is 3.18. The third kappa shape index (κ3) is 4.19. The van der Waals surface area contributed by atoms with E-state index >= 15 is 0 Å². The van der Waals surface area contributed by atoms with Gasteiger partial charge in [0.1, 0.15) is 5.60 Å². The van der Waals surface area contributed by atoms with Gasteiger partial charge in [0.2, 0.25) is 5.91 Å². The largest absolute Gasteiger partial charge is 0.386 e. The van der Waals surface area contributed by atoms with E-state index in [0.29, 0.717) is 13.0 Å². The van der Waals surface area contributed by atoms with Crippen LogP contribution in [0.3, 0.4) is 0 Å². The minimum Gasteiger partial charge on any atom is -0.386 e. The summed E-state index contributed by atoms with van der Waals surface area (Å²) in [4.78, 5) is 11.6. The molecule has 1 aromatic rings. The molecule has 0 aliphatic carbocycles. The summed E-state index contributed by atoms with van der Waals surface area (Å²) in [6.45, 7) is 3.08. The lowest BCUT2D eigenvalue weighted by Gasteiger charge is -2.19. The van der Waals surface area contributed by atoms with Crippen molar-refractivity contribution in [3.05, 3.63) is 41.5 Å². The van der Waals surface area contributed by atoms with Crippen LogP contribution < -0.4 is 5.32 Å². The maximum atomic E-state index is 11.6. The second kappa shape index (κ2) is 5.99. The van der Waals surface area contributed by atoms with E-state index in [0.717, 1.165) is 5.56 Å². The van der Waals surface area contributed by atoms with Crippen molar-refractivity contribution in [2.75, 3.05) is 19.8 Å². The van der Waals surface area contributed by atoms with E-state index in [1.807, 2.05) is 31.2 Å². The smallest absolute Gasteiger partial charge is 0.244 e. The zero-order valence-corrected chi connectivity index (χ0v) is 11.1. The molecule has 4 heteroatoms. The first kappa shape index (κ1) is 13.8. The standard InChI is InChI=1S/C15H19NO3/c1-12-2-4-13(5-3-12)6-7-14(17)16-10-15(18)8-9-19-11-15/h2-7,18H,8-11H2,1H3,(H,16,17)/b7-6+. The van der Waals surface area contributed by atoms with Crippen LogP contribution in [0.4, 0.5) is 0 Å². The number of amides is 1. The molecule has 1 amide bonds. The number of hydrogen-bond acceptors (Lipinski definition) is 3. The summed E-state index contributed by atoms with van der Waals surface area (Å²) in [6, 6.07) is 7.90. The first-order chi connectivity index (χ1) is 9.07. The number of ether oxygens (including phenoxy) is 1. The number of aliphatic hydroxyl groups is 1. The first-order valence-electron chi connectivity index (χ1n) is 6.40. The summed E-state index contributed by atoms with van der Waals surface area (Å²) in [5, 5.41) is 12.7. The van der Waals surface area contributed by atoms with Crippen molar-refractivity contribution in [3.8, 4) is 0 Å². The summed E-state index contributed by atoms with van der Waals surface area (Å²) in [7, 11) is 0. The average Bonchev–Trinajstić information content (AvgIpc) is 2.83. The van der Waals surface area contributed by atoms with E-state index in [4.69, 9.17) is 4.74 Å². The Kier molecular flexibility index (Phi) is 4.35. The highest BCUT2D eigenvalue weighted by Gasteiger charge is 2.32. The highest BCUT2D eigenvalue weighted by atomic mass is 16.5. The molecule has 0 bridgehead atoms. The van der Waals surface area contributed by atoms with E-state index in [2.05, 4.69) is 5.32 Å². The van der Waals surface area contributed by atoms with Gasteiger partial charge in [-0.3, -0.25) is 4.79 Å². The molecule has 1 aliphatic heterocycles. The molecule has 1 aromatic carbocycles. The van der Waals surface area contributed by atoms with Gasteiger partial charge in [0.15, 0.2) is 0 Å². The molecule has 19 heavy (non-hydrogen) atoms. The zero-order chi connectivity index (χ0) is 13.7. The van der Waals surface area contributed by atoms with Crippen molar-refractivity contribution < 1.29 is 14.6 Å². The topological polar surface area (TPSA) is 58.6 Å². The molecule has 1 atom stereocenters. The van der Waals surface area contributed by atoms with E-state index in [1.54, 1.807) is 6.08 Å². The van der Waals surface area contributed by atoms with Crippen LogP contribution in [0.25, 0.3) is 6.08 Å². The fourth-order valence-corrected chi connectivity index (χ4v) is 1.90. The minimum absolute atomic E-state index is 0.207. The van der Waals surface area contributed by atoms with Gasteiger partial charge in [-0.2, -0.15) is 0 Å². The first-order valence-corrected chi connectivity index (χ1v) is 6.40. The van der Waals surface area contributed by atoms with Crippen molar-refractivity contribution in [1.82, 2.24) is 5.32 Å². The van der Waals surface area contributed by atoms with Crippen LogP contribution in [0.1, 0.15) is 17.5 Å². The second-order valence-corrected chi connectivity index (χ2v) is 4.99. The highest BCUT2D eigenvalue weighted by Crippen LogP contribution is 2.16. The van der Waals surface area contributed by atoms with Crippen molar-refractivity contribution in [2.45, 2.75) is 18.9 Å². The van der Waals surface area contributed by atoms with Crippen LogP contribution in [0.5, 0.6) is 0 Å². The Morgan fingerprint density at radius 2 is 2.21 bits per heavy atom. The maximum absolute atomic E-state index is 11.6. The predicted octanol–water partition coefficient (Wildman–Crippen LogP) is 1.28. The molecule has 1 aliphatic rings. The van der Waals surface area contributed by atoms with Gasteiger partial charge in [-0.05, 0) is 18.6 Å². The van der Waals surface area contributed by atoms with Gasteiger partial charge in [-0.15, -0.1) is 0 Å². The molecule has 1 saturated heterocycles. The molecule has 102 valence electrons. The van der Waals surface area contributed by atoms with E-state index in [-0.39, 0.29) is 19.1 Å². The van der Waals surface area contributed by atoms with Crippen LogP contribution in [0.15, 0.2) is 30.3 Å². The van der Waals surface area contributed by atoms with Crippen LogP contribution in [0, 0.1) is 6.92 Å². The van der Waals surface area contributed by atoms with E-state index in [1.165, 1.54) is 11.6 Å². The maximum Gasteiger partial charge on any atom is 0.244 e. The lowest BCUT2D eigenvalue weighted by Crippen LogP contribution is -2.42. The fourth-order valence-electron chi connectivity index (χ4n) is 1.90. The molecular formula is C15H19NO3. The van der Waals surface area contributed by atoms with Gasteiger partial charge in [0.05, 0.1) is 6.61 Å². The third-order valence-corrected chi connectivity index (χ3v) is 3.18. The molecule has 1 heterocycles. The quantitative estimate of drug-likeness (QED) is 0.803. The molecule has 1 fully saturated rings. The van der Waals surface area contributed by atoms with Gasteiger partial charge in [-0.1, -0.05) is 29.8 Å². The number of carbonyl (C=O) groups is 1. The lowest BCUT2D eigenvalue weighted by atomic mass is 10.0. The molecule has 2 N–H and O–H groups in total. The summed E-state index contributed by atoms with van der Waals surface area (Å²) >= 11 is 0. The molecular weight excluding hydrogens is 242 g/mol. The molecule has 0 saturated carbocycles. The number of nitrogens with one attached hydrogen (secondary N) is 1. The zero-order valence-electron chi connectivity index (χ0n) is 11.1. The Morgan fingerprint density at radius 3 is 2.84 bits per heavy atom. The van der Waals surface area contributed by atoms with E-state index in [9.17, 15) is 9.90 Å². The summed E-state index contributed by atoms with van der Waals surface area (Å²) < 4.78 is 5.11. The van der Waals surface area contributed by atoms with Crippen molar-refractivity contribution in [1.29, 1.82) is 0 Å². The van der Waals surface area contributed by atoms with Crippen LogP contribution in [-0.2, 0) is 9.53 Å². The molecule has 1 unspecified atom stereocenters. The summed E-state index contributed by atoms with van der Waals surface area (Å²) in [5.41, 5.74) is 1.25. The molecule has 4 nitrogen and oxygen atoms in total. The van der Waals surface area contributed by atoms with Gasteiger partial charge < -0.3 is 15.2 Å². The number of aryl methyl sites for hydroxylation is 1. The van der Waals surface area contributed by atoms with E-state index < -0.39 is 5.60 Å². The highest BCUT2D eigenvalue weighted by molar-refractivity contribution is 5.91. The number of benzene rings is 1. The van der Waals surface area contributed by atoms with Crippen LogP contribution in [0.2, 0.25) is 0 Å². The number of rotatable bonds is 4. The summed E-state index contributed by atoms with van der Waals surface area (Å²) in [6.07, 6.45) is 3.79. The second-order valence-electron chi connectivity index (χ2n) is 4.99. The Labute approximate surface area is 113 Å². The van der Waals surface area contributed by atoms with Crippen molar-refractivity contribution in [3.63, 3.8) is 0 Å². The van der Waals surface area contributed by atoms with Gasteiger partial charge in [-0.25, -0.2) is 0 Å². The van der Waals surface area contributed by atoms with Crippen LogP contribution in [-0.4, -0.2) is 36.4 Å². The molecule has 2 rings (SSSR count). The minimum atomic E-state index is -0.909. The van der Waals surface area contributed by atoms with Crippen molar-refractivity contribution in [2.24, 2.45) is 0 Å². The number of hydrogen-bond donors (Lipinski definition) is 2. The van der Waals surface area contributed by atoms with Gasteiger partial charge in [0, 0.05) is 25.6 Å². The predicted molar refractivity (Wildman–Crippen MR) is 73.6 cm³/mol. The monoisotopic (exact) mass is 261 g/mol. The average molecular weight is 261 g/mol. The van der Waals surface area contributed by atoms with Gasteiger partial charge in [0.25, 0.3) is 0 Å². The lowest BCUT2D eigenvalue weighted by molar-refractivity contribution is -0.117. The molecule has 0 spiro atoms. The molecule has 0 aromatic heterocycles. The Hall–Kier alpha value is -1.65. The van der Waals surface area contributed by atoms with Gasteiger partial charge >= 0.3 is 0 Å². The Morgan fingerprint density at radius 1 is 1.47 bits per heavy atom. The van der Waals surface area contributed by atoms with Crippen molar-refractivity contribution >= 4 is 12.0 Å². The number of carbonyl (C=O) groups excluding carboxylic acids is 1. The SMILES string of the molecule is Cc1ccc(/C=C/C(=O)NCC2(O)CCOC2)cc1. The Bertz CT molecular complexity index is 459. The Balaban J connectivity index is 1.82. The van der Waals surface area contributed by atoms with Crippen LogP contribution >= 0.6 is 0 Å². The summed E-state index contributed by atoms with van der Waals surface area (Å²) in [5.74, 6) is -0.207. The fraction of sp³-hybridized carbons (Fsp3) is 0.400.